The zero-order valence-electron chi connectivity index (χ0n) is 15.4. The molecule has 0 atom stereocenters. The van der Waals surface area contributed by atoms with Crippen molar-refractivity contribution in [3.63, 3.8) is 0 Å². The average Bonchev–Trinajstić information content (AvgIpc) is 3.03. The first kappa shape index (κ1) is 20.0. The van der Waals surface area contributed by atoms with Crippen LogP contribution in [0.1, 0.15) is 23.0 Å². The molecule has 0 aliphatic heterocycles. The van der Waals surface area contributed by atoms with Crippen molar-refractivity contribution in [3.05, 3.63) is 52.4 Å². The standard InChI is InChI=1S/C20H19ClN2O4S/c1-3-9-27-17-15-11-14(7-8-16(15)28-18(17)19(24)26-2)23-20(25)22-13-6-4-5-12(21)10-13/h4-8,10-11H,3,9H2,1-2H3,(H2,22,23,25). The highest BCUT2D eigenvalue weighted by atomic mass is 35.5. The van der Waals surface area contributed by atoms with Crippen LogP contribution >= 0.6 is 22.9 Å². The summed E-state index contributed by atoms with van der Waals surface area (Å²) in [5.74, 6) is 0.0353. The van der Waals surface area contributed by atoms with Crippen LogP contribution in [-0.2, 0) is 4.74 Å². The average molecular weight is 419 g/mol. The second-order valence-corrected chi connectivity index (χ2v) is 7.39. The Bertz CT molecular complexity index is 1020. The molecular weight excluding hydrogens is 400 g/mol. The van der Waals surface area contributed by atoms with Crippen molar-refractivity contribution in [2.24, 2.45) is 0 Å². The van der Waals surface area contributed by atoms with Gasteiger partial charge in [0.15, 0.2) is 10.6 Å². The normalized spacial score (nSPS) is 10.5. The summed E-state index contributed by atoms with van der Waals surface area (Å²) in [6.07, 6.45) is 0.804. The van der Waals surface area contributed by atoms with Gasteiger partial charge >= 0.3 is 12.0 Å². The van der Waals surface area contributed by atoms with Crippen LogP contribution in [0.3, 0.4) is 0 Å². The van der Waals surface area contributed by atoms with Gasteiger partial charge in [-0.3, -0.25) is 0 Å². The maximum Gasteiger partial charge on any atom is 0.351 e. The summed E-state index contributed by atoms with van der Waals surface area (Å²) < 4.78 is 11.5. The first-order valence-electron chi connectivity index (χ1n) is 8.63. The van der Waals surface area contributed by atoms with Crippen LogP contribution in [0.5, 0.6) is 5.75 Å². The maximum atomic E-state index is 12.3. The van der Waals surface area contributed by atoms with E-state index in [2.05, 4.69) is 10.6 Å². The Morgan fingerprint density at radius 1 is 1.11 bits per heavy atom. The fraction of sp³-hybridized carbons (Fsp3) is 0.200. The third kappa shape index (κ3) is 4.55. The lowest BCUT2D eigenvalue weighted by molar-refractivity contribution is 0.0602. The molecule has 3 rings (SSSR count). The highest BCUT2D eigenvalue weighted by Gasteiger charge is 2.21. The summed E-state index contributed by atoms with van der Waals surface area (Å²) in [5.41, 5.74) is 1.16. The van der Waals surface area contributed by atoms with Gasteiger partial charge in [0, 0.05) is 26.5 Å². The van der Waals surface area contributed by atoms with Crippen LogP contribution < -0.4 is 15.4 Å². The van der Waals surface area contributed by atoms with Gasteiger partial charge < -0.3 is 20.1 Å². The summed E-state index contributed by atoms with van der Waals surface area (Å²) in [4.78, 5) is 24.8. The molecular formula is C20H19ClN2O4S. The van der Waals surface area contributed by atoms with E-state index in [4.69, 9.17) is 21.1 Å². The van der Waals surface area contributed by atoms with Crippen LogP contribution in [0.2, 0.25) is 5.02 Å². The molecule has 0 radical (unpaired) electrons. The molecule has 0 aliphatic rings. The van der Waals surface area contributed by atoms with Gasteiger partial charge in [0.25, 0.3) is 0 Å². The predicted molar refractivity (Wildman–Crippen MR) is 113 cm³/mol. The third-order valence-corrected chi connectivity index (χ3v) is 5.17. The van der Waals surface area contributed by atoms with Crippen molar-refractivity contribution in [2.75, 3.05) is 24.4 Å². The second kappa shape index (κ2) is 8.95. The van der Waals surface area contributed by atoms with Crippen molar-refractivity contribution in [2.45, 2.75) is 13.3 Å². The zero-order valence-corrected chi connectivity index (χ0v) is 16.9. The maximum absolute atomic E-state index is 12.3. The molecule has 6 nitrogen and oxygen atoms in total. The topological polar surface area (TPSA) is 76.7 Å². The number of ether oxygens (including phenoxy) is 2. The number of carbonyl (C=O) groups is 2. The van der Waals surface area contributed by atoms with Crippen molar-refractivity contribution < 1.29 is 19.1 Å². The number of amides is 2. The number of anilines is 2. The van der Waals surface area contributed by atoms with Gasteiger partial charge in [-0.1, -0.05) is 24.6 Å². The fourth-order valence-corrected chi connectivity index (χ4v) is 3.82. The predicted octanol–water partition coefficient (Wildman–Crippen LogP) is 5.77. The Hall–Kier alpha value is -2.77. The van der Waals surface area contributed by atoms with Gasteiger partial charge in [-0.2, -0.15) is 0 Å². The Morgan fingerprint density at radius 2 is 1.86 bits per heavy atom. The molecule has 28 heavy (non-hydrogen) atoms. The molecule has 0 fully saturated rings. The minimum absolute atomic E-state index is 0.402. The molecule has 1 heterocycles. The highest BCUT2D eigenvalue weighted by molar-refractivity contribution is 7.21. The molecule has 0 saturated heterocycles. The molecule has 0 unspecified atom stereocenters. The Balaban J connectivity index is 1.85. The van der Waals surface area contributed by atoms with E-state index >= 15 is 0 Å². The molecule has 0 bridgehead atoms. The van der Waals surface area contributed by atoms with Gasteiger partial charge in [0.1, 0.15) is 0 Å². The van der Waals surface area contributed by atoms with E-state index in [1.807, 2.05) is 13.0 Å². The van der Waals surface area contributed by atoms with Crippen molar-refractivity contribution in [1.29, 1.82) is 0 Å². The summed E-state index contributed by atoms with van der Waals surface area (Å²) in [7, 11) is 1.34. The van der Waals surface area contributed by atoms with Gasteiger partial charge in [0.05, 0.1) is 13.7 Å². The Labute approximate surface area is 171 Å². The number of nitrogens with one attached hydrogen (secondary N) is 2. The van der Waals surface area contributed by atoms with E-state index in [9.17, 15) is 9.59 Å². The van der Waals surface area contributed by atoms with E-state index in [1.165, 1.54) is 18.4 Å². The van der Waals surface area contributed by atoms with Crippen LogP contribution in [-0.4, -0.2) is 25.7 Å². The lowest BCUT2D eigenvalue weighted by atomic mass is 10.2. The summed E-state index contributed by atoms with van der Waals surface area (Å²) in [5, 5.41) is 6.78. The van der Waals surface area contributed by atoms with E-state index in [0.717, 1.165) is 16.5 Å². The quantitative estimate of drug-likeness (QED) is 0.498. The summed E-state index contributed by atoms with van der Waals surface area (Å²) >= 11 is 7.23. The molecule has 0 saturated carbocycles. The minimum Gasteiger partial charge on any atom is -0.491 e. The molecule has 2 aromatic carbocycles. The van der Waals surface area contributed by atoms with E-state index in [-0.39, 0.29) is 0 Å². The SMILES string of the molecule is CCCOc1c(C(=O)OC)sc2ccc(NC(=O)Nc3cccc(Cl)c3)cc12. The van der Waals surface area contributed by atoms with Crippen LogP contribution in [0.25, 0.3) is 10.1 Å². The number of hydrogen-bond acceptors (Lipinski definition) is 5. The molecule has 0 spiro atoms. The minimum atomic E-state index is -0.444. The molecule has 8 heteroatoms. The number of esters is 1. The van der Waals surface area contributed by atoms with Crippen molar-refractivity contribution in [1.82, 2.24) is 0 Å². The first-order valence-corrected chi connectivity index (χ1v) is 9.82. The largest absolute Gasteiger partial charge is 0.491 e. The van der Waals surface area contributed by atoms with Gasteiger partial charge in [-0.15, -0.1) is 11.3 Å². The number of halogens is 1. The molecule has 1 aromatic heterocycles. The van der Waals surface area contributed by atoms with Gasteiger partial charge in [-0.25, -0.2) is 9.59 Å². The lowest BCUT2D eigenvalue weighted by Crippen LogP contribution is -2.19. The summed E-state index contributed by atoms with van der Waals surface area (Å²) in [6, 6.07) is 11.9. The number of urea groups is 1. The molecule has 3 aromatic rings. The molecule has 0 aliphatic carbocycles. The van der Waals surface area contributed by atoms with Gasteiger partial charge in [0.2, 0.25) is 0 Å². The first-order chi connectivity index (χ1) is 13.5. The number of fused-ring (bicyclic) bond motifs is 1. The number of benzene rings is 2. The van der Waals surface area contributed by atoms with E-state index in [0.29, 0.717) is 33.6 Å². The number of methoxy groups -OCH3 is 1. The highest BCUT2D eigenvalue weighted by Crippen LogP contribution is 2.39. The molecule has 2 N–H and O–H groups in total. The number of carbonyl (C=O) groups excluding carboxylic acids is 2. The third-order valence-electron chi connectivity index (χ3n) is 3.80. The lowest BCUT2D eigenvalue weighted by Gasteiger charge is -2.09. The van der Waals surface area contributed by atoms with Crippen molar-refractivity contribution >= 4 is 56.4 Å². The fourth-order valence-electron chi connectivity index (χ4n) is 2.59. The van der Waals surface area contributed by atoms with Crippen LogP contribution in [0.15, 0.2) is 42.5 Å². The zero-order chi connectivity index (χ0) is 20.1. The number of hydrogen-bond donors (Lipinski definition) is 2. The molecule has 146 valence electrons. The van der Waals surface area contributed by atoms with E-state index in [1.54, 1.807) is 36.4 Å². The van der Waals surface area contributed by atoms with Gasteiger partial charge in [-0.05, 0) is 42.8 Å². The van der Waals surface area contributed by atoms with Crippen LogP contribution in [0.4, 0.5) is 16.2 Å². The number of rotatable bonds is 6. The van der Waals surface area contributed by atoms with Crippen molar-refractivity contribution in [3.8, 4) is 5.75 Å². The summed E-state index contributed by atoms with van der Waals surface area (Å²) in [6.45, 7) is 2.46. The Kier molecular flexibility index (Phi) is 6.38. The number of thiophene rings is 1. The van der Waals surface area contributed by atoms with Crippen LogP contribution in [0, 0.1) is 0 Å². The second-order valence-electron chi connectivity index (χ2n) is 5.90. The van der Waals surface area contributed by atoms with E-state index < -0.39 is 12.0 Å². The molecule has 2 amide bonds. The monoisotopic (exact) mass is 418 g/mol. The Morgan fingerprint density at radius 3 is 2.54 bits per heavy atom. The smallest absolute Gasteiger partial charge is 0.351 e.